The minimum atomic E-state index is -3.54. The van der Waals surface area contributed by atoms with E-state index in [1.165, 1.54) is 11.3 Å². The molecular formula is C21H27ClN4O3S2. The van der Waals surface area contributed by atoms with E-state index in [9.17, 15) is 13.2 Å². The summed E-state index contributed by atoms with van der Waals surface area (Å²) in [6.07, 6.45) is 7.93. The molecule has 10 heteroatoms. The first-order valence-corrected chi connectivity index (χ1v) is 12.4. The summed E-state index contributed by atoms with van der Waals surface area (Å²) >= 11 is 1.27. The molecule has 1 unspecified atom stereocenters. The highest BCUT2D eigenvalue weighted by Crippen LogP contribution is 2.35. The number of aryl methyl sites for hydroxylation is 2. The topological polar surface area (TPSA) is 88.1 Å². The first kappa shape index (κ1) is 23.7. The lowest BCUT2D eigenvalue weighted by molar-refractivity contribution is 0.245. The number of nitrogens with zero attached hydrogens (tertiary/aromatic N) is 3. The number of hydrogen-bond acceptors (Lipinski definition) is 5. The summed E-state index contributed by atoms with van der Waals surface area (Å²) in [4.78, 5) is 19.8. The Morgan fingerprint density at radius 2 is 2.13 bits per heavy atom. The van der Waals surface area contributed by atoms with Crippen LogP contribution in [-0.4, -0.2) is 40.3 Å². The maximum atomic E-state index is 13.3. The van der Waals surface area contributed by atoms with Crippen molar-refractivity contribution in [3.8, 4) is 10.4 Å². The van der Waals surface area contributed by atoms with Crippen LogP contribution in [0.1, 0.15) is 31.0 Å². The van der Waals surface area contributed by atoms with E-state index in [1.54, 1.807) is 22.9 Å². The first-order valence-electron chi connectivity index (χ1n) is 10.2. The molecule has 4 heterocycles. The molecule has 0 spiro atoms. The Balaban J connectivity index is 0.00000272. The molecule has 31 heavy (non-hydrogen) atoms. The van der Waals surface area contributed by atoms with Crippen molar-refractivity contribution < 1.29 is 8.42 Å². The average molecular weight is 483 g/mol. The second-order valence-corrected chi connectivity index (χ2v) is 11.0. The Morgan fingerprint density at radius 3 is 2.84 bits per heavy atom. The van der Waals surface area contributed by atoms with E-state index in [-0.39, 0.29) is 23.9 Å². The van der Waals surface area contributed by atoms with E-state index >= 15 is 0 Å². The van der Waals surface area contributed by atoms with Gasteiger partial charge in [-0.15, -0.1) is 23.7 Å². The minimum absolute atomic E-state index is 0. The quantitative estimate of drug-likeness (QED) is 0.580. The maximum absolute atomic E-state index is 13.3. The largest absolute Gasteiger partial charge is 0.337 e. The lowest BCUT2D eigenvalue weighted by Gasteiger charge is -2.31. The van der Waals surface area contributed by atoms with Gasteiger partial charge in [0.1, 0.15) is 4.21 Å². The number of pyridine rings is 1. The third kappa shape index (κ3) is 4.95. The van der Waals surface area contributed by atoms with Gasteiger partial charge in [-0.1, -0.05) is 6.92 Å². The molecule has 0 saturated carbocycles. The molecule has 1 fully saturated rings. The highest BCUT2D eigenvalue weighted by Gasteiger charge is 2.31. The molecule has 0 amide bonds. The molecule has 0 bridgehead atoms. The molecule has 168 valence electrons. The highest BCUT2D eigenvalue weighted by atomic mass is 35.5. The van der Waals surface area contributed by atoms with Gasteiger partial charge in [-0.2, -0.15) is 4.31 Å². The zero-order chi connectivity index (χ0) is 21.3. The highest BCUT2D eigenvalue weighted by molar-refractivity contribution is 7.91. The van der Waals surface area contributed by atoms with Crippen LogP contribution in [0.2, 0.25) is 0 Å². The van der Waals surface area contributed by atoms with Crippen LogP contribution in [0.15, 0.2) is 45.9 Å². The van der Waals surface area contributed by atoms with Gasteiger partial charge in [-0.3, -0.25) is 4.79 Å². The van der Waals surface area contributed by atoms with E-state index in [4.69, 9.17) is 0 Å². The number of aromatic amines is 1. The van der Waals surface area contributed by atoms with Crippen molar-refractivity contribution in [1.29, 1.82) is 0 Å². The molecule has 1 aliphatic heterocycles. The molecule has 1 aliphatic rings. The number of sulfonamides is 1. The summed E-state index contributed by atoms with van der Waals surface area (Å²) in [5, 5.41) is 0. The fourth-order valence-electron chi connectivity index (χ4n) is 4.00. The number of hydrogen-bond donors (Lipinski definition) is 1. The molecule has 1 N–H and O–H groups in total. The number of piperidine rings is 1. The molecule has 0 aromatic carbocycles. The van der Waals surface area contributed by atoms with Gasteiger partial charge < -0.3 is 9.55 Å². The Labute approximate surface area is 192 Å². The van der Waals surface area contributed by atoms with E-state index in [0.29, 0.717) is 29.3 Å². The van der Waals surface area contributed by atoms with Crippen molar-refractivity contribution in [2.45, 2.75) is 43.9 Å². The van der Waals surface area contributed by atoms with Crippen LogP contribution >= 0.6 is 23.7 Å². The number of nitrogens with one attached hydrogen (secondary N) is 1. The van der Waals surface area contributed by atoms with Gasteiger partial charge >= 0.3 is 0 Å². The third-order valence-corrected chi connectivity index (χ3v) is 9.10. The van der Waals surface area contributed by atoms with Crippen molar-refractivity contribution in [2.24, 2.45) is 5.92 Å². The molecule has 4 rings (SSSR count). The molecule has 3 aromatic rings. The molecule has 1 atom stereocenters. The number of imidazole rings is 1. The van der Waals surface area contributed by atoms with Crippen LogP contribution in [0.3, 0.4) is 0 Å². The normalized spacial score (nSPS) is 17.4. The second-order valence-electron chi connectivity index (χ2n) is 7.77. The Bertz CT molecular complexity index is 1190. The SMILES string of the molecule is CCc1cc(-c2ccc(S(=O)(=O)N3CCCC(Cn4ccnc4)C3)s2)c(C)[nH]c1=O.Cl. The Hall–Kier alpha value is -1.94. The van der Waals surface area contributed by atoms with Crippen molar-refractivity contribution >= 4 is 33.8 Å². The summed E-state index contributed by atoms with van der Waals surface area (Å²) in [7, 11) is -3.54. The van der Waals surface area contributed by atoms with E-state index in [2.05, 4.69) is 9.97 Å². The average Bonchev–Trinajstić information content (AvgIpc) is 3.41. The van der Waals surface area contributed by atoms with Crippen LogP contribution in [0, 0.1) is 12.8 Å². The summed E-state index contributed by atoms with van der Waals surface area (Å²) in [5.74, 6) is 0.274. The Kier molecular flexibility index (Phi) is 7.41. The molecule has 7 nitrogen and oxygen atoms in total. The molecule has 0 aliphatic carbocycles. The Morgan fingerprint density at radius 1 is 1.32 bits per heavy atom. The van der Waals surface area contributed by atoms with Gasteiger partial charge in [-0.25, -0.2) is 13.4 Å². The van der Waals surface area contributed by atoms with Crippen molar-refractivity contribution in [2.75, 3.05) is 13.1 Å². The van der Waals surface area contributed by atoms with Crippen LogP contribution in [-0.2, 0) is 23.0 Å². The monoisotopic (exact) mass is 482 g/mol. The predicted octanol–water partition coefficient (Wildman–Crippen LogP) is 3.69. The second kappa shape index (κ2) is 9.68. The van der Waals surface area contributed by atoms with E-state index in [1.807, 2.05) is 36.7 Å². The molecule has 3 aromatic heterocycles. The maximum Gasteiger partial charge on any atom is 0.252 e. The number of halogens is 1. The van der Waals surface area contributed by atoms with Crippen molar-refractivity contribution in [3.63, 3.8) is 0 Å². The molecule has 1 saturated heterocycles. The van der Waals surface area contributed by atoms with Crippen LogP contribution < -0.4 is 5.56 Å². The van der Waals surface area contributed by atoms with Crippen LogP contribution in [0.25, 0.3) is 10.4 Å². The summed E-state index contributed by atoms with van der Waals surface area (Å²) in [6, 6.07) is 5.40. The smallest absolute Gasteiger partial charge is 0.252 e. The number of rotatable bonds is 6. The summed E-state index contributed by atoms with van der Waals surface area (Å²) in [5.41, 5.74) is 2.25. The molecule has 0 radical (unpaired) electrons. The fraction of sp³-hybridized carbons (Fsp3) is 0.429. The van der Waals surface area contributed by atoms with Gasteiger partial charge in [0.2, 0.25) is 0 Å². The van der Waals surface area contributed by atoms with Crippen LogP contribution in [0.5, 0.6) is 0 Å². The van der Waals surface area contributed by atoms with Crippen molar-refractivity contribution in [3.05, 3.63) is 58.5 Å². The van der Waals surface area contributed by atoms with Gasteiger partial charge in [0.25, 0.3) is 15.6 Å². The van der Waals surface area contributed by atoms with E-state index in [0.717, 1.165) is 35.5 Å². The summed E-state index contributed by atoms with van der Waals surface area (Å²) < 4.78 is 30.6. The standard InChI is InChI=1S/C21H26N4O3S2.ClH/c1-3-17-11-18(15(2)23-21(17)26)19-6-7-20(29-19)30(27,28)25-9-4-5-16(13-25)12-24-10-8-22-14-24;/h6-8,10-11,14,16H,3-5,9,12-13H2,1-2H3,(H,23,26);1H. The lowest BCUT2D eigenvalue weighted by atomic mass is 10.00. The third-order valence-electron chi connectivity index (χ3n) is 5.65. The van der Waals surface area contributed by atoms with Gasteiger partial charge in [0.15, 0.2) is 0 Å². The summed E-state index contributed by atoms with van der Waals surface area (Å²) in [6.45, 7) is 5.62. The van der Waals surface area contributed by atoms with Gasteiger partial charge in [0.05, 0.1) is 6.33 Å². The van der Waals surface area contributed by atoms with Crippen molar-refractivity contribution in [1.82, 2.24) is 18.8 Å². The fourth-order valence-corrected chi connectivity index (χ4v) is 7.09. The zero-order valence-corrected chi connectivity index (χ0v) is 20.0. The zero-order valence-electron chi connectivity index (χ0n) is 17.6. The number of aromatic nitrogens is 3. The van der Waals surface area contributed by atoms with Crippen LogP contribution in [0.4, 0.5) is 0 Å². The minimum Gasteiger partial charge on any atom is -0.337 e. The predicted molar refractivity (Wildman–Crippen MR) is 125 cm³/mol. The number of thiophene rings is 1. The van der Waals surface area contributed by atoms with Gasteiger partial charge in [-0.05, 0) is 50.3 Å². The number of H-pyrrole nitrogens is 1. The lowest BCUT2D eigenvalue weighted by Crippen LogP contribution is -2.40. The van der Waals surface area contributed by atoms with Gasteiger partial charge in [0, 0.05) is 53.7 Å². The first-order chi connectivity index (χ1) is 14.4. The molecular weight excluding hydrogens is 456 g/mol. The van der Waals surface area contributed by atoms with E-state index < -0.39 is 10.0 Å².